The average molecular weight is 344 g/mol. The average Bonchev–Trinajstić information content (AvgIpc) is 2.38. The monoisotopic (exact) mass is 343 g/mol. The summed E-state index contributed by atoms with van der Waals surface area (Å²) in [5.74, 6) is -0.725. The van der Waals surface area contributed by atoms with Crippen LogP contribution in [0.4, 0.5) is 0 Å². The topological polar surface area (TPSA) is 75.6 Å². The molecule has 110 valence electrons. The van der Waals surface area contributed by atoms with E-state index in [-0.39, 0.29) is 18.9 Å². The van der Waals surface area contributed by atoms with Crippen LogP contribution in [-0.2, 0) is 9.59 Å². The van der Waals surface area contributed by atoms with E-state index >= 15 is 0 Å². The fourth-order valence-electron chi connectivity index (χ4n) is 1.48. The van der Waals surface area contributed by atoms with Gasteiger partial charge in [-0.15, -0.1) is 0 Å². The van der Waals surface area contributed by atoms with Gasteiger partial charge in [-0.25, -0.2) is 4.79 Å². The molecule has 1 rings (SSSR count). The summed E-state index contributed by atoms with van der Waals surface area (Å²) in [6, 6.07) is 7.29. The number of rotatable bonds is 7. The minimum absolute atomic E-state index is 0.107. The highest BCUT2D eigenvalue weighted by Crippen LogP contribution is 2.17. The molecule has 0 fully saturated rings. The van der Waals surface area contributed by atoms with Crippen LogP contribution in [0.25, 0.3) is 0 Å². The first-order valence-corrected chi connectivity index (χ1v) is 7.09. The van der Waals surface area contributed by atoms with E-state index in [0.717, 1.165) is 4.47 Å². The molecular formula is C14H18BrNO4. The number of amides is 1. The Morgan fingerprint density at radius 1 is 1.45 bits per heavy atom. The van der Waals surface area contributed by atoms with Crippen LogP contribution in [-0.4, -0.2) is 29.1 Å². The van der Waals surface area contributed by atoms with Gasteiger partial charge in [0, 0.05) is 4.47 Å². The van der Waals surface area contributed by atoms with E-state index in [1.807, 2.05) is 12.1 Å². The number of aliphatic carboxylic acids is 1. The first kappa shape index (κ1) is 16.5. The van der Waals surface area contributed by atoms with Crippen LogP contribution in [0.5, 0.6) is 5.75 Å². The molecule has 5 nitrogen and oxygen atoms in total. The molecule has 20 heavy (non-hydrogen) atoms. The zero-order valence-corrected chi connectivity index (χ0v) is 13.1. The Balaban J connectivity index is 2.42. The molecule has 0 bridgehead atoms. The van der Waals surface area contributed by atoms with Crippen molar-refractivity contribution in [2.45, 2.75) is 32.2 Å². The molecule has 0 aliphatic rings. The molecule has 0 aromatic heterocycles. The van der Waals surface area contributed by atoms with Crippen molar-refractivity contribution < 1.29 is 19.4 Å². The standard InChI is InChI=1S/C14H18BrNO4/c1-3-14(2,13(18)19)16-12(17)7-8-20-11-6-4-5-10(15)9-11/h4-6,9H,3,7-8H2,1-2H3,(H,16,17)(H,18,19). The van der Waals surface area contributed by atoms with E-state index in [0.29, 0.717) is 12.2 Å². The zero-order chi connectivity index (χ0) is 15.2. The summed E-state index contributed by atoms with van der Waals surface area (Å²) >= 11 is 3.32. The first-order chi connectivity index (χ1) is 9.37. The van der Waals surface area contributed by atoms with E-state index in [1.165, 1.54) is 6.92 Å². The van der Waals surface area contributed by atoms with Gasteiger partial charge in [0.25, 0.3) is 0 Å². The number of benzene rings is 1. The lowest BCUT2D eigenvalue weighted by atomic mass is 9.99. The van der Waals surface area contributed by atoms with Crippen molar-refractivity contribution in [3.8, 4) is 5.75 Å². The highest BCUT2D eigenvalue weighted by atomic mass is 79.9. The third kappa shape index (κ3) is 4.85. The van der Waals surface area contributed by atoms with Gasteiger partial charge in [0.15, 0.2) is 0 Å². The summed E-state index contributed by atoms with van der Waals surface area (Å²) in [5.41, 5.74) is -1.23. The second-order valence-electron chi connectivity index (χ2n) is 4.59. The van der Waals surface area contributed by atoms with Crippen LogP contribution in [0.1, 0.15) is 26.7 Å². The maximum atomic E-state index is 11.7. The lowest BCUT2D eigenvalue weighted by molar-refractivity contribution is -0.147. The Morgan fingerprint density at radius 3 is 2.70 bits per heavy atom. The molecule has 0 spiro atoms. The van der Waals surface area contributed by atoms with Crippen LogP contribution in [0.3, 0.4) is 0 Å². The Morgan fingerprint density at radius 2 is 2.15 bits per heavy atom. The predicted octanol–water partition coefficient (Wildman–Crippen LogP) is 2.59. The molecule has 1 amide bonds. The van der Waals surface area contributed by atoms with Gasteiger partial charge in [0.1, 0.15) is 11.3 Å². The summed E-state index contributed by atoms with van der Waals surface area (Å²) in [7, 11) is 0. The van der Waals surface area contributed by atoms with Crippen LogP contribution in [0, 0.1) is 0 Å². The van der Waals surface area contributed by atoms with Gasteiger partial charge in [-0.2, -0.15) is 0 Å². The van der Waals surface area contributed by atoms with Gasteiger partial charge >= 0.3 is 5.97 Å². The number of halogens is 1. The second-order valence-corrected chi connectivity index (χ2v) is 5.51. The molecule has 6 heteroatoms. The molecule has 0 radical (unpaired) electrons. The van der Waals surface area contributed by atoms with Crippen molar-refractivity contribution in [2.75, 3.05) is 6.61 Å². The fourth-order valence-corrected chi connectivity index (χ4v) is 1.86. The molecule has 0 aliphatic heterocycles. The molecule has 2 N–H and O–H groups in total. The summed E-state index contributed by atoms with van der Waals surface area (Å²) < 4.78 is 6.32. The van der Waals surface area contributed by atoms with E-state index in [2.05, 4.69) is 21.2 Å². The van der Waals surface area contributed by atoms with Gasteiger partial charge in [-0.1, -0.05) is 28.9 Å². The SMILES string of the molecule is CCC(C)(NC(=O)CCOc1cccc(Br)c1)C(=O)O. The molecule has 0 heterocycles. The van der Waals surface area contributed by atoms with Gasteiger partial charge in [0.05, 0.1) is 13.0 Å². The quantitative estimate of drug-likeness (QED) is 0.797. The number of nitrogens with one attached hydrogen (secondary N) is 1. The number of hydrogen-bond acceptors (Lipinski definition) is 3. The fraction of sp³-hybridized carbons (Fsp3) is 0.429. The predicted molar refractivity (Wildman–Crippen MR) is 78.7 cm³/mol. The number of carbonyl (C=O) groups excluding carboxylic acids is 1. The normalized spacial score (nSPS) is 13.3. The third-order valence-corrected chi connectivity index (χ3v) is 3.48. The Hall–Kier alpha value is -1.56. The highest BCUT2D eigenvalue weighted by Gasteiger charge is 2.32. The van der Waals surface area contributed by atoms with E-state index in [1.54, 1.807) is 19.1 Å². The molecule has 1 unspecified atom stereocenters. The molecule has 0 saturated heterocycles. The zero-order valence-electron chi connectivity index (χ0n) is 11.5. The molecule has 0 aliphatic carbocycles. The maximum Gasteiger partial charge on any atom is 0.329 e. The highest BCUT2D eigenvalue weighted by molar-refractivity contribution is 9.10. The largest absolute Gasteiger partial charge is 0.493 e. The molecule has 1 aromatic carbocycles. The van der Waals surface area contributed by atoms with Gasteiger partial charge < -0.3 is 15.2 Å². The summed E-state index contributed by atoms with van der Waals surface area (Å²) in [5, 5.41) is 11.6. The molecule has 1 aromatic rings. The first-order valence-electron chi connectivity index (χ1n) is 6.30. The lowest BCUT2D eigenvalue weighted by Gasteiger charge is -2.24. The van der Waals surface area contributed by atoms with Gasteiger partial charge in [-0.3, -0.25) is 4.79 Å². The van der Waals surface area contributed by atoms with Crippen molar-refractivity contribution in [1.82, 2.24) is 5.32 Å². The second kappa shape index (κ2) is 7.28. The maximum absolute atomic E-state index is 11.7. The smallest absolute Gasteiger partial charge is 0.329 e. The summed E-state index contributed by atoms with van der Waals surface area (Å²) in [6.07, 6.45) is 0.427. The minimum atomic E-state index is -1.23. The van der Waals surface area contributed by atoms with Crippen molar-refractivity contribution in [1.29, 1.82) is 0 Å². The van der Waals surface area contributed by atoms with Crippen LogP contribution >= 0.6 is 15.9 Å². The van der Waals surface area contributed by atoms with E-state index in [9.17, 15) is 9.59 Å². The molecule has 0 saturated carbocycles. The lowest BCUT2D eigenvalue weighted by Crippen LogP contribution is -2.51. The van der Waals surface area contributed by atoms with Crippen LogP contribution in [0.15, 0.2) is 28.7 Å². The van der Waals surface area contributed by atoms with Gasteiger partial charge in [-0.05, 0) is 31.5 Å². The number of ether oxygens (including phenoxy) is 1. The van der Waals surface area contributed by atoms with Crippen molar-refractivity contribution in [2.24, 2.45) is 0 Å². The number of hydrogen-bond donors (Lipinski definition) is 2. The van der Waals surface area contributed by atoms with Crippen LogP contribution in [0.2, 0.25) is 0 Å². The molecular weight excluding hydrogens is 326 g/mol. The number of carboxylic acid groups (broad SMARTS) is 1. The van der Waals surface area contributed by atoms with E-state index < -0.39 is 11.5 Å². The van der Waals surface area contributed by atoms with Crippen molar-refractivity contribution >= 4 is 27.8 Å². The van der Waals surface area contributed by atoms with Crippen molar-refractivity contribution in [3.05, 3.63) is 28.7 Å². The Bertz CT molecular complexity index is 492. The summed E-state index contributed by atoms with van der Waals surface area (Å²) in [4.78, 5) is 22.8. The van der Waals surface area contributed by atoms with Crippen LogP contribution < -0.4 is 10.1 Å². The third-order valence-electron chi connectivity index (χ3n) is 2.99. The Labute approximate surface area is 126 Å². The Kier molecular flexibility index (Phi) is 6.01. The molecule has 1 atom stereocenters. The number of carboxylic acids is 1. The van der Waals surface area contributed by atoms with E-state index in [4.69, 9.17) is 9.84 Å². The summed E-state index contributed by atoms with van der Waals surface area (Å²) in [6.45, 7) is 3.40. The van der Waals surface area contributed by atoms with Crippen molar-refractivity contribution in [3.63, 3.8) is 0 Å². The number of carbonyl (C=O) groups is 2. The van der Waals surface area contributed by atoms with Gasteiger partial charge in [0.2, 0.25) is 5.91 Å². The minimum Gasteiger partial charge on any atom is -0.493 e.